The molecule has 2 aliphatic carbocycles. The van der Waals surface area contributed by atoms with Crippen molar-refractivity contribution >= 4 is 0 Å². The van der Waals surface area contributed by atoms with Crippen molar-refractivity contribution in [3.05, 3.63) is 0 Å². The molecule has 0 aromatic rings. The van der Waals surface area contributed by atoms with E-state index in [1.165, 1.54) is 51.4 Å². The lowest BCUT2D eigenvalue weighted by Crippen LogP contribution is -2.28. The Kier molecular flexibility index (Phi) is 2.40. The first-order valence-corrected chi connectivity index (χ1v) is 5.55. The standard InChI is InChI=1S/C11H21N/c12-9-10-3-7-11(8-4-10)5-1-2-6-11/h10H,1-9,12H2. The zero-order chi connectivity index (χ0) is 8.44. The molecule has 70 valence electrons. The normalized spacial score (nSPS) is 29.8. The Morgan fingerprint density at radius 3 is 2.08 bits per heavy atom. The molecule has 0 atom stereocenters. The van der Waals surface area contributed by atoms with E-state index < -0.39 is 0 Å². The van der Waals surface area contributed by atoms with E-state index in [4.69, 9.17) is 5.73 Å². The van der Waals surface area contributed by atoms with E-state index in [0.717, 1.165) is 17.9 Å². The molecular weight excluding hydrogens is 146 g/mol. The molecule has 0 aromatic carbocycles. The third-order valence-electron chi connectivity index (χ3n) is 4.16. The Labute approximate surface area is 75.7 Å². The topological polar surface area (TPSA) is 26.0 Å². The van der Waals surface area contributed by atoms with Crippen LogP contribution in [0.4, 0.5) is 0 Å². The first kappa shape index (κ1) is 8.55. The first-order valence-electron chi connectivity index (χ1n) is 5.55. The van der Waals surface area contributed by atoms with Crippen molar-refractivity contribution < 1.29 is 0 Å². The molecule has 2 aliphatic rings. The fourth-order valence-corrected chi connectivity index (χ4v) is 3.15. The summed E-state index contributed by atoms with van der Waals surface area (Å²) in [4.78, 5) is 0. The van der Waals surface area contributed by atoms with Gasteiger partial charge < -0.3 is 5.73 Å². The first-order chi connectivity index (χ1) is 5.85. The molecule has 1 nitrogen and oxygen atoms in total. The monoisotopic (exact) mass is 167 g/mol. The maximum absolute atomic E-state index is 5.69. The van der Waals surface area contributed by atoms with Crippen molar-refractivity contribution in [1.82, 2.24) is 0 Å². The van der Waals surface area contributed by atoms with Gasteiger partial charge in [0.25, 0.3) is 0 Å². The van der Waals surface area contributed by atoms with Gasteiger partial charge in [-0.15, -0.1) is 0 Å². The molecule has 2 N–H and O–H groups in total. The van der Waals surface area contributed by atoms with Crippen LogP contribution in [0, 0.1) is 11.3 Å². The van der Waals surface area contributed by atoms with Crippen LogP contribution in [0.25, 0.3) is 0 Å². The largest absolute Gasteiger partial charge is 0.330 e. The van der Waals surface area contributed by atoms with E-state index in [1.807, 2.05) is 0 Å². The highest BCUT2D eigenvalue weighted by Gasteiger charge is 2.36. The molecule has 1 heteroatoms. The predicted molar refractivity (Wildman–Crippen MR) is 51.9 cm³/mol. The van der Waals surface area contributed by atoms with Crippen molar-refractivity contribution in [1.29, 1.82) is 0 Å². The molecule has 0 bridgehead atoms. The molecule has 2 rings (SSSR count). The van der Waals surface area contributed by atoms with Gasteiger partial charge in [0.15, 0.2) is 0 Å². The third kappa shape index (κ3) is 1.52. The van der Waals surface area contributed by atoms with Gasteiger partial charge in [-0.3, -0.25) is 0 Å². The molecule has 2 saturated carbocycles. The van der Waals surface area contributed by atoms with Gasteiger partial charge in [-0.1, -0.05) is 12.8 Å². The molecule has 0 aromatic heterocycles. The second kappa shape index (κ2) is 3.37. The molecular formula is C11H21N. The van der Waals surface area contributed by atoms with E-state index in [1.54, 1.807) is 0 Å². The fourth-order valence-electron chi connectivity index (χ4n) is 3.15. The maximum atomic E-state index is 5.69. The molecule has 1 spiro atoms. The van der Waals surface area contributed by atoms with Gasteiger partial charge in [0.2, 0.25) is 0 Å². The van der Waals surface area contributed by atoms with Gasteiger partial charge in [0, 0.05) is 0 Å². The van der Waals surface area contributed by atoms with Crippen LogP contribution in [-0.2, 0) is 0 Å². The van der Waals surface area contributed by atoms with Crippen LogP contribution in [0.5, 0.6) is 0 Å². The Balaban J connectivity index is 1.88. The lowest BCUT2D eigenvalue weighted by atomic mass is 9.69. The quantitative estimate of drug-likeness (QED) is 0.638. The average molecular weight is 167 g/mol. The summed E-state index contributed by atoms with van der Waals surface area (Å²) in [6.45, 7) is 0.927. The molecule has 0 amide bonds. The van der Waals surface area contributed by atoms with Crippen molar-refractivity contribution in [2.75, 3.05) is 6.54 Å². The molecule has 0 radical (unpaired) electrons. The highest BCUT2D eigenvalue weighted by molar-refractivity contribution is 4.89. The van der Waals surface area contributed by atoms with Gasteiger partial charge >= 0.3 is 0 Å². The average Bonchev–Trinajstić information content (AvgIpc) is 2.55. The minimum Gasteiger partial charge on any atom is -0.330 e. The summed E-state index contributed by atoms with van der Waals surface area (Å²) in [5, 5.41) is 0. The van der Waals surface area contributed by atoms with E-state index >= 15 is 0 Å². The van der Waals surface area contributed by atoms with Crippen molar-refractivity contribution in [3.63, 3.8) is 0 Å². The van der Waals surface area contributed by atoms with Crippen LogP contribution in [-0.4, -0.2) is 6.54 Å². The fraction of sp³-hybridized carbons (Fsp3) is 1.00. The maximum Gasteiger partial charge on any atom is -0.00489 e. The molecule has 0 heterocycles. The number of hydrogen-bond donors (Lipinski definition) is 1. The van der Waals surface area contributed by atoms with Crippen molar-refractivity contribution in [3.8, 4) is 0 Å². The SMILES string of the molecule is NCC1CCC2(CCCC2)CC1. The Morgan fingerprint density at radius 2 is 1.58 bits per heavy atom. The molecule has 2 fully saturated rings. The van der Waals surface area contributed by atoms with Gasteiger partial charge in [-0.2, -0.15) is 0 Å². The van der Waals surface area contributed by atoms with Crippen molar-refractivity contribution in [2.24, 2.45) is 17.1 Å². The van der Waals surface area contributed by atoms with E-state index in [-0.39, 0.29) is 0 Å². The van der Waals surface area contributed by atoms with E-state index in [0.29, 0.717) is 0 Å². The van der Waals surface area contributed by atoms with Crippen LogP contribution < -0.4 is 5.73 Å². The van der Waals surface area contributed by atoms with Crippen molar-refractivity contribution in [2.45, 2.75) is 51.4 Å². The molecule has 12 heavy (non-hydrogen) atoms. The van der Waals surface area contributed by atoms with E-state index in [2.05, 4.69) is 0 Å². The number of nitrogens with two attached hydrogens (primary N) is 1. The lowest BCUT2D eigenvalue weighted by Gasteiger charge is -2.36. The Hall–Kier alpha value is -0.0400. The second-order valence-corrected chi connectivity index (χ2v) is 4.89. The van der Waals surface area contributed by atoms with E-state index in [9.17, 15) is 0 Å². The smallest absolute Gasteiger partial charge is 0.00489 e. The summed E-state index contributed by atoms with van der Waals surface area (Å²) in [7, 11) is 0. The summed E-state index contributed by atoms with van der Waals surface area (Å²) < 4.78 is 0. The lowest BCUT2D eigenvalue weighted by molar-refractivity contribution is 0.158. The highest BCUT2D eigenvalue weighted by atomic mass is 14.6. The number of rotatable bonds is 1. The summed E-state index contributed by atoms with van der Waals surface area (Å²) >= 11 is 0. The van der Waals surface area contributed by atoms with Crippen LogP contribution in [0.15, 0.2) is 0 Å². The minimum atomic E-state index is 0.797. The zero-order valence-corrected chi connectivity index (χ0v) is 8.02. The number of hydrogen-bond acceptors (Lipinski definition) is 1. The second-order valence-electron chi connectivity index (χ2n) is 4.89. The molecule has 0 aliphatic heterocycles. The summed E-state index contributed by atoms with van der Waals surface area (Å²) in [5.74, 6) is 0.858. The van der Waals surface area contributed by atoms with Crippen LogP contribution >= 0.6 is 0 Å². The summed E-state index contributed by atoms with van der Waals surface area (Å²) in [6.07, 6.45) is 11.8. The van der Waals surface area contributed by atoms with Crippen LogP contribution in [0.1, 0.15) is 51.4 Å². The predicted octanol–water partition coefficient (Wildman–Crippen LogP) is 2.70. The zero-order valence-electron chi connectivity index (χ0n) is 8.02. The molecule has 0 saturated heterocycles. The van der Waals surface area contributed by atoms with Gasteiger partial charge in [-0.25, -0.2) is 0 Å². The van der Waals surface area contributed by atoms with Crippen LogP contribution in [0.2, 0.25) is 0 Å². The Bertz CT molecular complexity index is 137. The summed E-state index contributed by atoms with van der Waals surface area (Å²) in [6, 6.07) is 0. The third-order valence-corrected chi connectivity index (χ3v) is 4.16. The Morgan fingerprint density at radius 1 is 1.00 bits per heavy atom. The van der Waals surface area contributed by atoms with Gasteiger partial charge in [0.1, 0.15) is 0 Å². The van der Waals surface area contributed by atoms with Gasteiger partial charge in [0.05, 0.1) is 0 Å². The van der Waals surface area contributed by atoms with Gasteiger partial charge in [-0.05, 0) is 56.4 Å². The van der Waals surface area contributed by atoms with Crippen LogP contribution in [0.3, 0.4) is 0 Å². The highest BCUT2D eigenvalue weighted by Crippen LogP contribution is 2.49. The minimum absolute atomic E-state index is 0.797. The molecule has 0 unspecified atom stereocenters. The summed E-state index contributed by atoms with van der Waals surface area (Å²) in [5.41, 5.74) is 6.49.